The predicted octanol–water partition coefficient (Wildman–Crippen LogP) is 6.10. The molecule has 0 radical (unpaired) electrons. The maximum absolute atomic E-state index is 13.8. The molecule has 4 N–H and O–H groups in total. The van der Waals surface area contributed by atoms with E-state index in [1.54, 1.807) is 12.3 Å². The summed E-state index contributed by atoms with van der Waals surface area (Å²) in [4.78, 5) is 11.2. The lowest BCUT2D eigenvalue weighted by atomic mass is 10.0. The summed E-state index contributed by atoms with van der Waals surface area (Å²) in [6, 6.07) is 14.1. The van der Waals surface area contributed by atoms with Gasteiger partial charge in [0.2, 0.25) is 0 Å². The molecule has 2 aliphatic rings. The van der Waals surface area contributed by atoms with E-state index >= 15 is 0 Å². The second kappa shape index (κ2) is 12.0. The Labute approximate surface area is 252 Å². The number of likely N-dealkylation sites (tertiary alicyclic amines) is 1. The first kappa shape index (κ1) is 28.0. The van der Waals surface area contributed by atoms with E-state index in [4.69, 9.17) is 23.2 Å². The molecule has 2 aromatic carbocycles. The van der Waals surface area contributed by atoms with Crippen LogP contribution in [0.5, 0.6) is 0 Å². The van der Waals surface area contributed by atoms with Crippen LogP contribution in [0.4, 0.5) is 21.5 Å². The van der Waals surface area contributed by atoms with Crippen molar-refractivity contribution in [2.75, 3.05) is 30.3 Å². The number of rotatable bonds is 8. The lowest BCUT2D eigenvalue weighted by molar-refractivity contribution is 0.193. The van der Waals surface area contributed by atoms with Crippen molar-refractivity contribution in [3.8, 4) is 6.07 Å². The predicted molar refractivity (Wildman–Crippen MR) is 163 cm³/mol. The quantitative estimate of drug-likeness (QED) is 0.190. The first-order valence-corrected chi connectivity index (χ1v) is 14.3. The molecule has 0 aliphatic carbocycles. The van der Waals surface area contributed by atoms with Gasteiger partial charge in [0.05, 0.1) is 44.6 Å². The maximum Gasteiger partial charge on any atom is 0.141 e. The number of aromatic nitrogens is 2. The summed E-state index contributed by atoms with van der Waals surface area (Å²) in [6.45, 7) is 5.27. The van der Waals surface area contributed by atoms with Gasteiger partial charge < -0.3 is 21.0 Å². The molecule has 9 nitrogen and oxygen atoms in total. The number of hydrogen-bond acceptors (Lipinski definition) is 9. The molecule has 0 amide bonds. The molecule has 1 saturated heterocycles. The normalized spacial score (nSPS) is 17.5. The van der Waals surface area contributed by atoms with Gasteiger partial charge in [-0.25, -0.2) is 4.39 Å². The van der Waals surface area contributed by atoms with Crippen LogP contribution in [0.2, 0.25) is 10.0 Å². The summed E-state index contributed by atoms with van der Waals surface area (Å²) < 4.78 is 13.8. The number of hydrazine groups is 2. The van der Waals surface area contributed by atoms with Crippen LogP contribution in [0.25, 0.3) is 10.9 Å². The summed E-state index contributed by atoms with van der Waals surface area (Å²) in [5.41, 5.74) is 11.1. The van der Waals surface area contributed by atoms with E-state index in [9.17, 15) is 9.65 Å². The monoisotopic (exact) mass is 603 g/mol. The Bertz CT molecular complexity index is 1690. The highest BCUT2D eigenvalue weighted by Crippen LogP contribution is 2.37. The van der Waals surface area contributed by atoms with Gasteiger partial charge in [0.15, 0.2) is 0 Å². The van der Waals surface area contributed by atoms with E-state index in [2.05, 4.69) is 60.7 Å². The molecular formula is C30H28Cl2FN9. The van der Waals surface area contributed by atoms with Crippen molar-refractivity contribution in [3.05, 3.63) is 99.9 Å². The fraction of sp³-hybridized carbons (Fsp3) is 0.233. The van der Waals surface area contributed by atoms with Gasteiger partial charge in [-0.2, -0.15) is 5.26 Å². The van der Waals surface area contributed by atoms with Crippen LogP contribution >= 0.6 is 23.2 Å². The van der Waals surface area contributed by atoms with Crippen LogP contribution in [0, 0.1) is 17.1 Å². The Morgan fingerprint density at radius 1 is 1.17 bits per heavy atom. The number of nitrogens with one attached hydrogen (secondary N) is 4. The standard InChI is InChI=1S/C30H28Cl2FN9/c1-2-41-9-7-22(16-41)42-17-27(39-40-42)29(18-4-3-8-35-14-18)38-21-10-23-28(37-20-5-6-26(33)24(31)11-20)19(13-34)15-36-30(23)25(32)12-21/h3-6,8,10-12,14-15,17,22,29,38-40H,2,7,9,16H2,1H3,(H,36,37)/t22-,29?/m1/s1. The van der Waals surface area contributed by atoms with Crippen LogP contribution in [0.1, 0.15) is 30.5 Å². The summed E-state index contributed by atoms with van der Waals surface area (Å²) in [6.07, 6.45) is 8.18. The summed E-state index contributed by atoms with van der Waals surface area (Å²) in [5.74, 6) is -0.531. The molecule has 6 rings (SSSR count). The molecule has 2 atom stereocenters. The summed E-state index contributed by atoms with van der Waals surface area (Å²) in [5, 5.41) is 19.8. The molecule has 0 spiro atoms. The third kappa shape index (κ3) is 5.65. The minimum atomic E-state index is -0.531. The third-order valence-corrected chi connectivity index (χ3v) is 8.15. The van der Waals surface area contributed by atoms with Crippen molar-refractivity contribution >= 4 is 51.2 Å². The average molecular weight is 605 g/mol. The van der Waals surface area contributed by atoms with Crippen LogP contribution < -0.4 is 21.6 Å². The zero-order chi connectivity index (χ0) is 29.2. The Hall–Kier alpha value is -4.14. The van der Waals surface area contributed by atoms with Crippen LogP contribution in [-0.2, 0) is 0 Å². The van der Waals surface area contributed by atoms with Crippen molar-refractivity contribution in [3.63, 3.8) is 0 Å². The van der Waals surface area contributed by atoms with Crippen molar-refractivity contribution in [1.82, 2.24) is 30.8 Å². The van der Waals surface area contributed by atoms with E-state index in [-0.39, 0.29) is 11.1 Å². The molecular weight excluding hydrogens is 576 g/mol. The van der Waals surface area contributed by atoms with Crippen LogP contribution in [0.3, 0.4) is 0 Å². The second-order valence-electron chi connectivity index (χ2n) is 10.2. The Balaban J connectivity index is 1.37. The molecule has 0 bridgehead atoms. The van der Waals surface area contributed by atoms with Gasteiger partial charge in [0.25, 0.3) is 0 Å². The molecule has 2 aliphatic heterocycles. The van der Waals surface area contributed by atoms with Gasteiger partial charge in [-0.05, 0) is 54.9 Å². The summed E-state index contributed by atoms with van der Waals surface area (Å²) in [7, 11) is 0. The van der Waals surface area contributed by atoms with Crippen molar-refractivity contribution in [1.29, 1.82) is 5.26 Å². The van der Waals surface area contributed by atoms with Crippen LogP contribution in [-0.4, -0.2) is 45.6 Å². The maximum atomic E-state index is 13.8. The van der Waals surface area contributed by atoms with E-state index in [0.29, 0.717) is 44.6 Å². The molecule has 1 fully saturated rings. The fourth-order valence-corrected chi connectivity index (χ4v) is 5.80. The lowest BCUT2D eigenvalue weighted by Crippen LogP contribution is -2.44. The Morgan fingerprint density at radius 3 is 2.76 bits per heavy atom. The Morgan fingerprint density at radius 2 is 2.02 bits per heavy atom. The number of fused-ring (bicyclic) bond motifs is 1. The number of nitriles is 1. The van der Waals surface area contributed by atoms with Gasteiger partial charge in [0, 0.05) is 54.6 Å². The minimum absolute atomic E-state index is 0.0310. The highest BCUT2D eigenvalue weighted by Gasteiger charge is 2.30. The molecule has 42 heavy (non-hydrogen) atoms. The van der Waals surface area contributed by atoms with Crippen LogP contribution in [0.15, 0.2) is 73.0 Å². The van der Waals surface area contributed by atoms with Gasteiger partial charge >= 0.3 is 0 Å². The molecule has 12 heteroatoms. The van der Waals surface area contributed by atoms with Gasteiger partial charge in [-0.15, -0.1) is 5.53 Å². The SMILES string of the molecule is CCN1CC[C@@H](N2C=C(C(Nc3cc(Cl)c4ncc(C#N)c(Nc5ccc(F)c(Cl)c5)c4c3)c3cccnc3)NN2)C1. The highest BCUT2D eigenvalue weighted by molar-refractivity contribution is 6.36. The average Bonchev–Trinajstić information content (AvgIpc) is 3.69. The number of benzene rings is 2. The van der Waals surface area contributed by atoms with Crippen molar-refractivity contribution in [2.24, 2.45) is 0 Å². The first-order chi connectivity index (χ1) is 20.4. The number of halogens is 3. The number of likely N-dealkylation sites (N-methyl/N-ethyl adjacent to an activating group) is 1. The third-order valence-electron chi connectivity index (χ3n) is 7.57. The topological polar surface area (TPSA) is 104 Å². The summed E-state index contributed by atoms with van der Waals surface area (Å²) >= 11 is 12.8. The first-order valence-electron chi connectivity index (χ1n) is 13.6. The van der Waals surface area contributed by atoms with Gasteiger partial charge in [-0.1, -0.05) is 36.2 Å². The largest absolute Gasteiger partial charge is 0.373 e. The molecule has 4 aromatic rings. The molecule has 1 unspecified atom stereocenters. The molecule has 0 saturated carbocycles. The van der Waals surface area contributed by atoms with Crippen molar-refractivity contribution in [2.45, 2.75) is 25.4 Å². The number of hydrogen-bond donors (Lipinski definition) is 4. The number of anilines is 3. The fourth-order valence-electron chi connectivity index (χ4n) is 5.35. The molecule has 214 valence electrons. The number of nitrogens with zero attached hydrogens (tertiary/aromatic N) is 5. The minimum Gasteiger partial charge on any atom is -0.373 e. The molecule has 4 heterocycles. The lowest BCUT2D eigenvalue weighted by Gasteiger charge is -2.23. The van der Waals surface area contributed by atoms with Gasteiger partial charge in [-0.3, -0.25) is 15.0 Å². The van der Waals surface area contributed by atoms with Crippen molar-refractivity contribution < 1.29 is 4.39 Å². The zero-order valence-corrected chi connectivity index (χ0v) is 24.2. The molecule has 2 aromatic heterocycles. The van der Waals surface area contributed by atoms with Gasteiger partial charge in [0.1, 0.15) is 11.9 Å². The number of pyridine rings is 2. The van der Waals surface area contributed by atoms with E-state index in [1.165, 1.54) is 18.3 Å². The smallest absolute Gasteiger partial charge is 0.141 e. The second-order valence-corrected chi connectivity index (χ2v) is 11.0. The van der Waals surface area contributed by atoms with E-state index in [1.807, 2.05) is 30.5 Å². The van der Waals surface area contributed by atoms with E-state index < -0.39 is 5.82 Å². The highest BCUT2D eigenvalue weighted by atomic mass is 35.5. The Kier molecular flexibility index (Phi) is 8.00. The van der Waals surface area contributed by atoms with E-state index in [0.717, 1.165) is 37.3 Å². The zero-order valence-electron chi connectivity index (χ0n) is 22.7.